The average molecular weight is 650 g/mol. The SMILES string of the molecule is CCCCc1ccc(NC(=O)N(CCN(CCCC)CCCC)Cc2ccc(OCc3ccccc3)c(OCc3ccccc3)c2)cc1. The highest BCUT2D eigenvalue weighted by molar-refractivity contribution is 5.89. The Hall–Kier alpha value is -4.29. The lowest BCUT2D eigenvalue weighted by atomic mass is 10.1. The van der Waals surface area contributed by atoms with E-state index in [1.807, 2.05) is 71.6 Å². The van der Waals surface area contributed by atoms with Gasteiger partial charge in [-0.05, 0) is 85.3 Å². The minimum absolute atomic E-state index is 0.0987. The second kappa shape index (κ2) is 20.8. The quantitative estimate of drug-likeness (QED) is 0.0976. The summed E-state index contributed by atoms with van der Waals surface area (Å²) in [4.78, 5) is 18.3. The van der Waals surface area contributed by atoms with Crippen LogP contribution >= 0.6 is 0 Å². The number of nitrogens with one attached hydrogen (secondary N) is 1. The minimum Gasteiger partial charge on any atom is -0.485 e. The molecule has 0 heterocycles. The standard InChI is InChI=1S/C42H55N3O3/c1-4-7-16-35-21-24-39(25-22-35)43-42(46)45(30-29-44(27-8-5-2)28-9-6-3)32-38-23-26-40(47-33-36-17-12-10-13-18-36)41(31-38)48-34-37-19-14-11-15-20-37/h10-15,17-26,31H,4-9,16,27-30,32-34H2,1-3H3,(H,43,46). The Morgan fingerprint density at radius 3 is 1.73 bits per heavy atom. The van der Waals surface area contributed by atoms with E-state index < -0.39 is 0 Å². The Balaban J connectivity index is 1.54. The first kappa shape index (κ1) is 36.5. The van der Waals surface area contributed by atoms with Crippen molar-refractivity contribution in [3.63, 3.8) is 0 Å². The highest BCUT2D eigenvalue weighted by Gasteiger charge is 2.18. The van der Waals surface area contributed by atoms with Crippen molar-refractivity contribution in [2.45, 2.75) is 85.5 Å². The van der Waals surface area contributed by atoms with Gasteiger partial charge in [0, 0.05) is 25.3 Å². The number of amides is 2. The number of carbonyl (C=O) groups excluding carboxylic acids is 1. The monoisotopic (exact) mass is 649 g/mol. The third kappa shape index (κ3) is 12.7. The first-order valence-corrected chi connectivity index (χ1v) is 17.9. The maximum absolute atomic E-state index is 13.9. The summed E-state index contributed by atoms with van der Waals surface area (Å²) in [6, 6.07) is 34.5. The Morgan fingerprint density at radius 1 is 0.583 bits per heavy atom. The van der Waals surface area contributed by atoms with Gasteiger partial charge in [0.15, 0.2) is 11.5 Å². The Labute approximate surface area is 289 Å². The summed E-state index contributed by atoms with van der Waals surface area (Å²) in [5, 5.41) is 3.18. The van der Waals surface area contributed by atoms with Gasteiger partial charge in [-0.25, -0.2) is 4.79 Å². The number of rotatable bonds is 21. The predicted molar refractivity (Wildman–Crippen MR) is 199 cm³/mol. The number of aryl methyl sites for hydroxylation is 1. The van der Waals surface area contributed by atoms with E-state index in [0.717, 1.165) is 74.1 Å². The van der Waals surface area contributed by atoms with Crippen molar-refractivity contribution >= 4 is 11.7 Å². The topological polar surface area (TPSA) is 54.0 Å². The molecule has 0 aliphatic carbocycles. The van der Waals surface area contributed by atoms with E-state index in [1.54, 1.807) is 0 Å². The Bertz CT molecular complexity index is 1450. The predicted octanol–water partition coefficient (Wildman–Crippen LogP) is 10.1. The molecule has 6 heteroatoms. The van der Waals surface area contributed by atoms with Crippen molar-refractivity contribution in [3.05, 3.63) is 125 Å². The zero-order valence-electron chi connectivity index (χ0n) is 29.3. The molecule has 48 heavy (non-hydrogen) atoms. The minimum atomic E-state index is -0.0987. The summed E-state index contributed by atoms with van der Waals surface area (Å²) >= 11 is 0. The summed E-state index contributed by atoms with van der Waals surface area (Å²) in [5.41, 5.74) is 5.27. The first-order valence-electron chi connectivity index (χ1n) is 17.9. The number of carbonyl (C=O) groups is 1. The lowest BCUT2D eigenvalue weighted by Crippen LogP contribution is -2.41. The van der Waals surface area contributed by atoms with Gasteiger partial charge in [0.25, 0.3) is 0 Å². The summed E-state index contributed by atoms with van der Waals surface area (Å²) in [6.07, 6.45) is 8.03. The van der Waals surface area contributed by atoms with Gasteiger partial charge in [-0.3, -0.25) is 0 Å². The van der Waals surface area contributed by atoms with Gasteiger partial charge in [0.05, 0.1) is 0 Å². The maximum atomic E-state index is 13.9. The molecule has 0 spiro atoms. The number of hydrogen-bond acceptors (Lipinski definition) is 4. The van der Waals surface area contributed by atoms with Crippen LogP contribution in [0.25, 0.3) is 0 Å². The van der Waals surface area contributed by atoms with Crippen molar-refractivity contribution in [1.82, 2.24) is 9.80 Å². The van der Waals surface area contributed by atoms with Crippen molar-refractivity contribution < 1.29 is 14.3 Å². The van der Waals surface area contributed by atoms with E-state index in [9.17, 15) is 4.79 Å². The third-order valence-corrected chi connectivity index (χ3v) is 8.51. The molecule has 4 aromatic rings. The van der Waals surface area contributed by atoms with E-state index in [-0.39, 0.29) is 6.03 Å². The van der Waals surface area contributed by atoms with Crippen LogP contribution in [0.3, 0.4) is 0 Å². The van der Waals surface area contributed by atoms with Crippen LogP contribution in [0.15, 0.2) is 103 Å². The van der Waals surface area contributed by atoms with Crippen molar-refractivity contribution in [3.8, 4) is 11.5 Å². The van der Waals surface area contributed by atoms with Crippen LogP contribution in [-0.2, 0) is 26.2 Å². The number of ether oxygens (including phenoxy) is 2. The second-order valence-electron chi connectivity index (χ2n) is 12.5. The molecule has 6 nitrogen and oxygen atoms in total. The van der Waals surface area contributed by atoms with Gasteiger partial charge < -0.3 is 24.6 Å². The van der Waals surface area contributed by atoms with E-state index in [0.29, 0.717) is 37.8 Å². The fraction of sp³-hybridized carbons (Fsp3) is 0.405. The van der Waals surface area contributed by atoms with Crippen LogP contribution in [0.5, 0.6) is 11.5 Å². The molecule has 0 aromatic heterocycles. The molecule has 0 saturated carbocycles. The fourth-order valence-corrected chi connectivity index (χ4v) is 5.53. The van der Waals surface area contributed by atoms with E-state index in [2.05, 4.69) is 67.4 Å². The smallest absolute Gasteiger partial charge is 0.322 e. The molecular formula is C42H55N3O3. The number of hydrogen-bond donors (Lipinski definition) is 1. The van der Waals surface area contributed by atoms with Gasteiger partial charge in [-0.15, -0.1) is 0 Å². The zero-order chi connectivity index (χ0) is 33.8. The molecule has 0 bridgehead atoms. The van der Waals surface area contributed by atoms with Crippen LogP contribution in [0, 0.1) is 0 Å². The lowest BCUT2D eigenvalue weighted by Gasteiger charge is -2.28. The largest absolute Gasteiger partial charge is 0.485 e. The van der Waals surface area contributed by atoms with Gasteiger partial charge in [0.2, 0.25) is 0 Å². The molecule has 0 unspecified atom stereocenters. The van der Waals surface area contributed by atoms with E-state index >= 15 is 0 Å². The molecule has 0 aliphatic rings. The summed E-state index contributed by atoms with van der Waals surface area (Å²) in [7, 11) is 0. The lowest BCUT2D eigenvalue weighted by molar-refractivity contribution is 0.188. The number of nitrogens with zero attached hydrogens (tertiary/aromatic N) is 2. The maximum Gasteiger partial charge on any atom is 0.322 e. The molecule has 0 radical (unpaired) electrons. The van der Waals surface area contributed by atoms with Crippen LogP contribution < -0.4 is 14.8 Å². The van der Waals surface area contributed by atoms with Crippen LogP contribution in [-0.4, -0.2) is 42.0 Å². The fourth-order valence-electron chi connectivity index (χ4n) is 5.53. The molecule has 0 fully saturated rings. The van der Waals surface area contributed by atoms with Crippen LogP contribution in [0.1, 0.15) is 81.5 Å². The molecule has 1 N–H and O–H groups in total. The molecule has 2 amide bonds. The van der Waals surface area contributed by atoms with Crippen LogP contribution in [0.4, 0.5) is 10.5 Å². The Morgan fingerprint density at radius 2 is 1.15 bits per heavy atom. The summed E-state index contributed by atoms with van der Waals surface area (Å²) in [6.45, 7) is 11.6. The molecule has 0 aliphatic heterocycles. The highest BCUT2D eigenvalue weighted by Crippen LogP contribution is 2.31. The summed E-state index contributed by atoms with van der Waals surface area (Å²) < 4.78 is 12.6. The number of anilines is 1. The van der Waals surface area contributed by atoms with Crippen molar-refractivity contribution in [2.75, 3.05) is 31.5 Å². The first-order chi connectivity index (χ1) is 23.6. The third-order valence-electron chi connectivity index (χ3n) is 8.51. The number of benzene rings is 4. The van der Waals surface area contributed by atoms with E-state index in [4.69, 9.17) is 9.47 Å². The highest BCUT2D eigenvalue weighted by atomic mass is 16.5. The normalized spacial score (nSPS) is 11.0. The summed E-state index contributed by atoms with van der Waals surface area (Å²) in [5.74, 6) is 1.35. The van der Waals surface area contributed by atoms with Gasteiger partial charge in [-0.2, -0.15) is 0 Å². The molecule has 256 valence electrons. The zero-order valence-corrected chi connectivity index (χ0v) is 29.3. The van der Waals surface area contributed by atoms with Crippen molar-refractivity contribution in [2.24, 2.45) is 0 Å². The molecular weight excluding hydrogens is 594 g/mol. The van der Waals surface area contributed by atoms with Crippen LogP contribution in [0.2, 0.25) is 0 Å². The molecule has 0 atom stereocenters. The Kier molecular flexibility index (Phi) is 15.9. The second-order valence-corrected chi connectivity index (χ2v) is 12.5. The number of urea groups is 1. The molecule has 4 aromatic carbocycles. The van der Waals surface area contributed by atoms with Gasteiger partial charge in [-0.1, -0.05) is 119 Å². The molecule has 4 rings (SSSR count). The number of unbranched alkanes of at least 4 members (excludes halogenated alkanes) is 3. The average Bonchev–Trinajstić information content (AvgIpc) is 3.13. The molecule has 0 saturated heterocycles. The van der Waals surface area contributed by atoms with Gasteiger partial charge >= 0.3 is 6.03 Å². The van der Waals surface area contributed by atoms with Crippen molar-refractivity contribution in [1.29, 1.82) is 0 Å². The van der Waals surface area contributed by atoms with Gasteiger partial charge in [0.1, 0.15) is 13.2 Å². The van der Waals surface area contributed by atoms with E-state index in [1.165, 1.54) is 18.4 Å².